The molecule has 0 aliphatic rings. The van der Waals surface area contributed by atoms with Crippen LogP contribution >= 0.6 is 0 Å². The number of anilines is 4. The first kappa shape index (κ1) is 17.4. The first-order valence-electron chi connectivity index (χ1n) is 8.24. The maximum atomic E-state index is 11.7. The van der Waals surface area contributed by atoms with Crippen LogP contribution in [-0.4, -0.2) is 25.1 Å². The second-order valence-corrected chi connectivity index (χ2v) is 6.02. The first-order chi connectivity index (χ1) is 12.5. The van der Waals surface area contributed by atoms with Crippen molar-refractivity contribution in [3.05, 3.63) is 78.9 Å². The number of nitrogens with two attached hydrogens (primary N) is 1. The molecule has 3 aromatic rings. The average Bonchev–Trinajstić information content (AvgIpc) is 2.66. The molecule has 0 radical (unpaired) electrons. The number of nitrogens with zero attached hydrogens (tertiary/aromatic N) is 2. The zero-order valence-corrected chi connectivity index (χ0v) is 14.8. The fraction of sp³-hybridized carbons (Fsp3) is 0.0952. The molecule has 0 atom stereocenters. The van der Waals surface area contributed by atoms with Gasteiger partial charge >= 0.3 is 6.09 Å². The minimum Gasteiger partial charge on any atom is -0.410 e. The summed E-state index contributed by atoms with van der Waals surface area (Å²) in [4.78, 5) is 15.2. The Morgan fingerprint density at radius 3 is 1.81 bits per heavy atom. The van der Waals surface area contributed by atoms with Crippen LogP contribution in [-0.2, 0) is 0 Å². The summed E-state index contributed by atoms with van der Waals surface area (Å²) in [5, 5.41) is 0. The van der Waals surface area contributed by atoms with Gasteiger partial charge in [-0.1, -0.05) is 18.2 Å². The van der Waals surface area contributed by atoms with E-state index in [1.54, 1.807) is 26.2 Å². The van der Waals surface area contributed by atoms with Crippen molar-refractivity contribution in [1.82, 2.24) is 4.90 Å². The predicted octanol–water partition coefficient (Wildman–Crippen LogP) is 4.80. The van der Waals surface area contributed by atoms with Crippen LogP contribution in [0.3, 0.4) is 0 Å². The Bertz CT molecular complexity index is 860. The van der Waals surface area contributed by atoms with Gasteiger partial charge in [-0.3, -0.25) is 0 Å². The minimum absolute atomic E-state index is 0.406. The molecule has 1 amide bonds. The molecule has 3 rings (SSSR count). The number of carbonyl (C=O) groups excluding carboxylic acids is 1. The topological polar surface area (TPSA) is 58.8 Å². The number of hydrogen-bond acceptors (Lipinski definition) is 4. The second kappa shape index (κ2) is 7.61. The van der Waals surface area contributed by atoms with Crippen molar-refractivity contribution in [3.8, 4) is 5.75 Å². The number of para-hydroxylation sites is 1. The van der Waals surface area contributed by atoms with E-state index in [4.69, 9.17) is 10.5 Å². The third-order valence-electron chi connectivity index (χ3n) is 3.83. The van der Waals surface area contributed by atoms with Crippen LogP contribution in [0.4, 0.5) is 27.5 Å². The third-order valence-corrected chi connectivity index (χ3v) is 3.83. The molecule has 0 aromatic heterocycles. The molecule has 0 saturated carbocycles. The fourth-order valence-corrected chi connectivity index (χ4v) is 2.50. The van der Waals surface area contributed by atoms with Crippen LogP contribution in [0.2, 0.25) is 0 Å². The van der Waals surface area contributed by atoms with E-state index in [1.165, 1.54) is 4.90 Å². The summed E-state index contributed by atoms with van der Waals surface area (Å²) >= 11 is 0. The quantitative estimate of drug-likeness (QED) is 0.689. The first-order valence-corrected chi connectivity index (χ1v) is 8.24. The van der Waals surface area contributed by atoms with Gasteiger partial charge in [0.05, 0.1) is 0 Å². The SMILES string of the molecule is CN(C)C(=O)Oc1ccc(N(c2ccccc2)c2ccc(N)cc2)cc1. The van der Waals surface area contributed by atoms with Gasteiger partial charge in [-0.15, -0.1) is 0 Å². The Balaban J connectivity index is 1.95. The maximum Gasteiger partial charge on any atom is 0.414 e. The van der Waals surface area contributed by atoms with Crippen LogP contribution in [0.1, 0.15) is 0 Å². The molecule has 0 spiro atoms. The number of benzene rings is 3. The van der Waals surface area contributed by atoms with E-state index < -0.39 is 6.09 Å². The van der Waals surface area contributed by atoms with E-state index >= 15 is 0 Å². The zero-order chi connectivity index (χ0) is 18.5. The second-order valence-electron chi connectivity index (χ2n) is 6.02. The summed E-state index contributed by atoms with van der Waals surface area (Å²) in [5.41, 5.74) is 9.50. The van der Waals surface area contributed by atoms with Crippen molar-refractivity contribution < 1.29 is 9.53 Å². The Morgan fingerprint density at radius 1 is 0.769 bits per heavy atom. The van der Waals surface area contributed by atoms with E-state index in [9.17, 15) is 4.79 Å². The number of amides is 1. The number of rotatable bonds is 4. The number of ether oxygens (including phenoxy) is 1. The van der Waals surface area contributed by atoms with Crippen molar-refractivity contribution in [2.24, 2.45) is 0 Å². The van der Waals surface area contributed by atoms with Gasteiger partial charge in [0.15, 0.2) is 0 Å². The lowest BCUT2D eigenvalue weighted by atomic mass is 10.2. The molecule has 0 unspecified atom stereocenters. The monoisotopic (exact) mass is 347 g/mol. The van der Waals surface area contributed by atoms with Crippen molar-refractivity contribution in [3.63, 3.8) is 0 Å². The number of carbonyl (C=O) groups is 1. The molecule has 26 heavy (non-hydrogen) atoms. The smallest absolute Gasteiger partial charge is 0.410 e. The Hall–Kier alpha value is -3.47. The van der Waals surface area contributed by atoms with E-state index in [1.807, 2.05) is 66.7 Å². The standard InChI is InChI=1S/C21H21N3O2/c1-23(2)21(25)26-20-14-12-19(13-15-20)24(17-6-4-3-5-7-17)18-10-8-16(22)9-11-18/h3-15H,22H2,1-2H3. The molecule has 132 valence electrons. The van der Waals surface area contributed by atoms with Crippen molar-refractivity contribution >= 4 is 28.8 Å². The average molecular weight is 347 g/mol. The van der Waals surface area contributed by atoms with Gasteiger partial charge in [0.2, 0.25) is 0 Å². The van der Waals surface area contributed by atoms with E-state index in [2.05, 4.69) is 4.90 Å². The molecule has 5 heteroatoms. The minimum atomic E-state index is -0.406. The van der Waals surface area contributed by atoms with Crippen LogP contribution < -0.4 is 15.4 Å². The third kappa shape index (κ3) is 3.95. The summed E-state index contributed by atoms with van der Waals surface area (Å²) in [5.74, 6) is 0.498. The normalized spacial score (nSPS) is 10.2. The molecule has 0 heterocycles. The zero-order valence-electron chi connectivity index (χ0n) is 14.8. The van der Waals surface area contributed by atoms with E-state index in [0.717, 1.165) is 17.1 Å². The number of nitrogen functional groups attached to an aromatic ring is 1. The highest BCUT2D eigenvalue weighted by Crippen LogP contribution is 2.35. The lowest BCUT2D eigenvalue weighted by molar-refractivity contribution is 0.172. The molecule has 0 bridgehead atoms. The van der Waals surface area contributed by atoms with Crippen molar-refractivity contribution in [2.45, 2.75) is 0 Å². The molecule has 0 aliphatic carbocycles. The fourth-order valence-electron chi connectivity index (χ4n) is 2.50. The molecular formula is C21H21N3O2. The van der Waals surface area contributed by atoms with Gasteiger partial charge in [-0.25, -0.2) is 4.79 Å². The van der Waals surface area contributed by atoms with Crippen LogP contribution in [0.5, 0.6) is 5.75 Å². The Morgan fingerprint density at radius 2 is 1.27 bits per heavy atom. The van der Waals surface area contributed by atoms with Crippen LogP contribution in [0, 0.1) is 0 Å². The largest absolute Gasteiger partial charge is 0.414 e. The van der Waals surface area contributed by atoms with Gasteiger partial charge in [0.25, 0.3) is 0 Å². The highest BCUT2D eigenvalue weighted by Gasteiger charge is 2.13. The Kier molecular flexibility index (Phi) is 5.08. The molecule has 5 nitrogen and oxygen atoms in total. The van der Waals surface area contributed by atoms with Gasteiger partial charge in [0.1, 0.15) is 5.75 Å². The maximum absolute atomic E-state index is 11.7. The lowest BCUT2D eigenvalue weighted by Gasteiger charge is -2.25. The van der Waals surface area contributed by atoms with Crippen molar-refractivity contribution in [1.29, 1.82) is 0 Å². The summed E-state index contributed by atoms with van der Waals surface area (Å²) in [6, 6.07) is 25.1. The molecular weight excluding hydrogens is 326 g/mol. The number of hydrogen-bond donors (Lipinski definition) is 1. The predicted molar refractivity (Wildman–Crippen MR) is 105 cm³/mol. The molecule has 2 N–H and O–H groups in total. The van der Waals surface area contributed by atoms with Gasteiger partial charge in [-0.05, 0) is 60.7 Å². The van der Waals surface area contributed by atoms with Crippen LogP contribution in [0.15, 0.2) is 78.9 Å². The molecule has 0 fully saturated rings. The van der Waals surface area contributed by atoms with Crippen LogP contribution in [0.25, 0.3) is 0 Å². The van der Waals surface area contributed by atoms with E-state index in [0.29, 0.717) is 11.4 Å². The van der Waals surface area contributed by atoms with Gasteiger partial charge in [-0.2, -0.15) is 0 Å². The van der Waals surface area contributed by atoms with Crippen molar-refractivity contribution in [2.75, 3.05) is 24.7 Å². The van der Waals surface area contributed by atoms with Gasteiger partial charge < -0.3 is 20.3 Å². The molecule has 0 aliphatic heterocycles. The highest BCUT2D eigenvalue weighted by atomic mass is 16.6. The summed E-state index contributed by atoms with van der Waals surface area (Å²) in [7, 11) is 3.30. The summed E-state index contributed by atoms with van der Waals surface area (Å²) in [6.45, 7) is 0. The summed E-state index contributed by atoms with van der Waals surface area (Å²) in [6.07, 6.45) is -0.406. The molecule has 3 aromatic carbocycles. The highest BCUT2D eigenvalue weighted by molar-refractivity contribution is 5.77. The van der Waals surface area contributed by atoms with E-state index in [-0.39, 0.29) is 0 Å². The lowest BCUT2D eigenvalue weighted by Crippen LogP contribution is -2.25. The molecule has 0 saturated heterocycles. The Labute approximate surface area is 153 Å². The van der Waals surface area contributed by atoms with Gasteiger partial charge in [0, 0.05) is 36.8 Å². The summed E-state index contributed by atoms with van der Waals surface area (Å²) < 4.78 is 5.29.